The van der Waals surface area contributed by atoms with Crippen LogP contribution in [0, 0.1) is 0 Å². The van der Waals surface area contributed by atoms with Crippen LogP contribution in [0.3, 0.4) is 0 Å². The van der Waals surface area contributed by atoms with E-state index < -0.39 is 0 Å². The van der Waals surface area contributed by atoms with Crippen LogP contribution in [0.1, 0.15) is 0 Å². The summed E-state index contributed by atoms with van der Waals surface area (Å²) in [5.74, 6) is 0.581. The number of hydrogen-bond donors (Lipinski definition) is 1. The maximum absolute atomic E-state index is 5.23. The highest BCUT2D eigenvalue weighted by Crippen LogP contribution is 2.08. The third kappa shape index (κ3) is 0.937. The minimum absolute atomic E-state index is 0.581. The van der Waals surface area contributed by atoms with E-state index in [0.29, 0.717) is 5.90 Å². The minimum atomic E-state index is 0.581. The molecule has 0 amide bonds. The fourth-order valence-electron chi connectivity index (χ4n) is 0.620. The zero-order valence-corrected chi connectivity index (χ0v) is 5.16. The highest BCUT2D eigenvalue weighted by molar-refractivity contribution is 5.98. The van der Waals surface area contributed by atoms with Crippen molar-refractivity contribution in [1.82, 2.24) is 0 Å². The number of hydrogen-bond acceptors (Lipinski definition) is 3. The Kier molecular flexibility index (Phi) is 1.53. The molecule has 3 heteroatoms. The van der Waals surface area contributed by atoms with E-state index in [9.17, 15) is 0 Å². The summed E-state index contributed by atoms with van der Waals surface area (Å²) in [7, 11) is 1.66. The summed E-state index contributed by atoms with van der Waals surface area (Å²) in [6, 6.07) is 0. The Balaban J connectivity index is 2.84. The van der Waals surface area contributed by atoms with E-state index >= 15 is 0 Å². The Bertz CT molecular complexity index is 191. The van der Waals surface area contributed by atoms with Gasteiger partial charge in [-0.1, -0.05) is 0 Å². The molecular formula is C6H8N2O. The predicted molar refractivity (Wildman–Crippen MR) is 35.9 cm³/mol. The van der Waals surface area contributed by atoms with Crippen molar-refractivity contribution >= 4 is 5.90 Å². The first-order valence-corrected chi connectivity index (χ1v) is 2.60. The summed E-state index contributed by atoms with van der Waals surface area (Å²) in [6.45, 7) is 0. The topological polar surface area (TPSA) is 47.6 Å². The van der Waals surface area contributed by atoms with Gasteiger partial charge in [0.05, 0.1) is 11.8 Å². The molecule has 2 N–H and O–H groups in total. The molecule has 1 heterocycles. The van der Waals surface area contributed by atoms with Crippen LogP contribution < -0.4 is 5.73 Å². The highest BCUT2D eigenvalue weighted by atomic mass is 16.5. The van der Waals surface area contributed by atoms with Crippen molar-refractivity contribution in [3.8, 4) is 0 Å². The van der Waals surface area contributed by atoms with Crippen molar-refractivity contribution in [2.24, 2.45) is 10.7 Å². The fourth-order valence-corrected chi connectivity index (χ4v) is 0.620. The van der Waals surface area contributed by atoms with Gasteiger partial charge in [-0.3, -0.25) is 4.99 Å². The van der Waals surface area contributed by atoms with E-state index in [4.69, 9.17) is 10.5 Å². The summed E-state index contributed by atoms with van der Waals surface area (Å²) < 4.78 is 4.93. The minimum Gasteiger partial charge on any atom is -0.446 e. The van der Waals surface area contributed by atoms with Crippen LogP contribution in [0.4, 0.5) is 0 Å². The molecule has 0 aliphatic carbocycles. The van der Waals surface area contributed by atoms with Crippen molar-refractivity contribution in [1.29, 1.82) is 0 Å². The second kappa shape index (κ2) is 2.35. The maximum atomic E-state index is 5.23. The first-order chi connectivity index (χ1) is 4.38. The Hall–Kier alpha value is -1.25. The van der Waals surface area contributed by atoms with Crippen molar-refractivity contribution < 1.29 is 4.74 Å². The molecule has 0 radical (unpaired) electrons. The van der Waals surface area contributed by atoms with Crippen LogP contribution in [-0.4, -0.2) is 12.9 Å². The van der Waals surface area contributed by atoms with Gasteiger partial charge in [0, 0.05) is 13.2 Å². The first-order valence-electron chi connectivity index (χ1n) is 2.60. The summed E-state index contributed by atoms with van der Waals surface area (Å²) in [4.78, 5) is 3.82. The van der Waals surface area contributed by atoms with Gasteiger partial charge in [0.1, 0.15) is 0 Å². The van der Waals surface area contributed by atoms with Crippen molar-refractivity contribution in [2.75, 3.05) is 7.05 Å². The average molecular weight is 124 g/mol. The lowest BCUT2D eigenvalue weighted by Gasteiger charge is -1.93. The number of nitrogens with two attached hydrogens (primary N) is 1. The molecule has 0 unspecified atom stereocenters. The standard InChI is InChI=1S/C6H8N2O/c1-8-6-5(4-7)2-3-9-6/h2-4H,7H2,1H3/b5-4-,8-6+. The molecule has 0 fully saturated rings. The predicted octanol–water partition coefficient (Wildman–Crippen LogP) is 0.401. The zero-order chi connectivity index (χ0) is 6.69. The SMILES string of the molecule is C/N=C1/OC=C/C1=C/N. The molecule has 0 atom stereocenters. The molecule has 48 valence electrons. The van der Waals surface area contributed by atoms with Gasteiger partial charge in [0.25, 0.3) is 0 Å². The second-order valence-corrected chi connectivity index (χ2v) is 1.57. The Labute approximate surface area is 53.5 Å². The lowest BCUT2D eigenvalue weighted by molar-refractivity contribution is 0.486. The van der Waals surface area contributed by atoms with E-state index in [1.165, 1.54) is 6.20 Å². The molecule has 0 aromatic heterocycles. The van der Waals surface area contributed by atoms with Gasteiger partial charge < -0.3 is 10.5 Å². The van der Waals surface area contributed by atoms with Gasteiger partial charge in [-0.05, 0) is 6.08 Å². The van der Waals surface area contributed by atoms with E-state index in [1.807, 2.05) is 0 Å². The lowest BCUT2D eigenvalue weighted by atomic mass is 10.3. The van der Waals surface area contributed by atoms with Gasteiger partial charge in [-0.15, -0.1) is 0 Å². The molecule has 3 nitrogen and oxygen atoms in total. The van der Waals surface area contributed by atoms with Crippen LogP contribution in [-0.2, 0) is 4.74 Å². The Morgan fingerprint density at radius 3 is 3.00 bits per heavy atom. The lowest BCUT2D eigenvalue weighted by Crippen LogP contribution is -1.98. The average Bonchev–Trinajstić information content (AvgIpc) is 2.33. The van der Waals surface area contributed by atoms with Crippen LogP contribution in [0.2, 0.25) is 0 Å². The third-order valence-corrected chi connectivity index (χ3v) is 1.06. The Morgan fingerprint density at radius 2 is 2.56 bits per heavy atom. The second-order valence-electron chi connectivity index (χ2n) is 1.57. The molecular weight excluding hydrogens is 116 g/mol. The monoisotopic (exact) mass is 124 g/mol. The molecule has 0 aromatic carbocycles. The zero-order valence-electron chi connectivity index (χ0n) is 5.16. The van der Waals surface area contributed by atoms with Crippen molar-refractivity contribution in [2.45, 2.75) is 0 Å². The van der Waals surface area contributed by atoms with Crippen LogP contribution in [0.15, 0.2) is 29.1 Å². The van der Waals surface area contributed by atoms with Gasteiger partial charge in [0.15, 0.2) is 0 Å². The molecule has 0 bridgehead atoms. The van der Waals surface area contributed by atoms with E-state index in [-0.39, 0.29) is 0 Å². The number of rotatable bonds is 0. The molecule has 0 spiro atoms. The summed E-state index contributed by atoms with van der Waals surface area (Å²) >= 11 is 0. The highest BCUT2D eigenvalue weighted by Gasteiger charge is 2.07. The van der Waals surface area contributed by atoms with E-state index in [0.717, 1.165) is 5.57 Å². The van der Waals surface area contributed by atoms with Crippen molar-refractivity contribution in [3.63, 3.8) is 0 Å². The van der Waals surface area contributed by atoms with E-state index in [1.54, 1.807) is 19.4 Å². The molecule has 0 saturated heterocycles. The van der Waals surface area contributed by atoms with Gasteiger partial charge in [-0.25, -0.2) is 0 Å². The largest absolute Gasteiger partial charge is 0.446 e. The summed E-state index contributed by atoms with van der Waals surface area (Å²) in [5, 5.41) is 0. The first kappa shape index (κ1) is 5.88. The smallest absolute Gasteiger partial charge is 0.222 e. The molecule has 1 aliphatic rings. The van der Waals surface area contributed by atoms with Crippen molar-refractivity contribution in [3.05, 3.63) is 24.1 Å². The molecule has 0 saturated carbocycles. The maximum Gasteiger partial charge on any atom is 0.222 e. The quantitative estimate of drug-likeness (QED) is 0.508. The third-order valence-electron chi connectivity index (χ3n) is 1.06. The molecule has 9 heavy (non-hydrogen) atoms. The number of nitrogens with zero attached hydrogens (tertiary/aromatic N) is 1. The number of ether oxygens (including phenoxy) is 1. The van der Waals surface area contributed by atoms with Gasteiger partial charge in [-0.2, -0.15) is 0 Å². The normalized spacial score (nSPS) is 25.4. The number of aliphatic imine (C=N–C) groups is 1. The van der Waals surface area contributed by atoms with Crippen LogP contribution in [0.5, 0.6) is 0 Å². The fraction of sp³-hybridized carbons (Fsp3) is 0.167. The van der Waals surface area contributed by atoms with Gasteiger partial charge in [0.2, 0.25) is 5.90 Å². The summed E-state index contributed by atoms with van der Waals surface area (Å²) in [6.07, 6.45) is 4.79. The molecule has 1 aliphatic heterocycles. The molecule has 0 aromatic rings. The van der Waals surface area contributed by atoms with Gasteiger partial charge >= 0.3 is 0 Å². The Morgan fingerprint density at radius 1 is 1.78 bits per heavy atom. The summed E-state index contributed by atoms with van der Waals surface area (Å²) in [5.41, 5.74) is 6.06. The molecule has 1 rings (SSSR count). The van der Waals surface area contributed by atoms with E-state index in [2.05, 4.69) is 4.99 Å². The van der Waals surface area contributed by atoms with Crippen LogP contribution in [0.25, 0.3) is 0 Å². The van der Waals surface area contributed by atoms with Crippen LogP contribution >= 0.6 is 0 Å².